The van der Waals surface area contributed by atoms with E-state index in [9.17, 15) is 0 Å². The molecule has 0 spiro atoms. The average Bonchev–Trinajstić information content (AvgIpc) is 3.01. The molecule has 0 bridgehead atoms. The Morgan fingerprint density at radius 1 is 1.35 bits per heavy atom. The van der Waals surface area contributed by atoms with Crippen LogP contribution in [0.15, 0.2) is 18.5 Å². The summed E-state index contributed by atoms with van der Waals surface area (Å²) >= 11 is 2.13. The Labute approximate surface area is 108 Å². The predicted molar refractivity (Wildman–Crippen MR) is 72.4 cm³/mol. The molecule has 0 aromatic carbocycles. The Hall–Kier alpha value is -0.480. The zero-order valence-electron chi connectivity index (χ0n) is 10.3. The first-order valence-electron chi connectivity index (χ1n) is 6.71. The van der Waals surface area contributed by atoms with Gasteiger partial charge in [-0.1, -0.05) is 0 Å². The monoisotopic (exact) mass is 251 g/mol. The van der Waals surface area contributed by atoms with Gasteiger partial charge in [-0.05, 0) is 49.3 Å². The van der Waals surface area contributed by atoms with E-state index in [0.29, 0.717) is 6.04 Å². The van der Waals surface area contributed by atoms with Gasteiger partial charge in [-0.2, -0.15) is 16.9 Å². The van der Waals surface area contributed by atoms with E-state index in [2.05, 4.69) is 32.6 Å². The van der Waals surface area contributed by atoms with E-state index in [1.807, 2.05) is 12.3 Å². The summed E-state index contributed by atoms with van der Waals surface area (Å²) in [5.41, 5.74) is 0. The van der Waals surface area contributed by atoms with Crippen molar-refractivity contribution in [2.75, 3.05) is 31.1 Å². The molecule has 2 saturated heterocycles. The molecule has 17 heavy (non-hydrogen) atoms. The molecule has 2 aliphatic rings. The van der Waals surface area contributed by atoms with Crippen LogP contribution in [0.2, 0.25) is 0 Å². The van der Waals surface area contributed by atoms with Gasteiger partial charge in [0.15, 0.2) is 0 Å². The maximum Gasteiger partial charge on any atom is 0.0646 e. The van der Waals surface area contributed by atoms with Crippen LogP contribution in [0.5, 0.6) is 0 Å². The molecule has 3 rings (SSSR count). The average molecular weight is 251 g/mol. The maximum absolute atomic E-state index is 4.39. The second-order valence-electron chi connectivity index (χ2n) is 5.27. The Morgan fingerprint density at radius 2 is 2.35 bits per heavy atom. The van der Waals surface area contributed by atoms with Crippen molar-refractivity contribution in [3.63, 3.8) is 0 Å². The molecule has 0 saturated carbocycles. The van der Waals surface area contributed by atoms with Gasteiger partial charge in [0.05, 0.1) is 6.04 Å². The van der Waals surface area contributed by atoms with E-state index in [-0.39, 0.29) is 0 Å². The Balaban J connectivity index is 1.56. The lowest BCUT2D eigenvalue weighted by molar-refractivity contribution is 0.153. The minimum Gasteiger partial charge on any atom is -0.301 e. The largest absolute Gasteiger partial charge is 0.301 e. The van der Waals surface area contributed by atoms with Crippen LogP contribution >= 0.6 is 11.8 Å². The molecule has 2 fully saturated rings. The van der Waals surface area contributed by atoms with E-state index < -0.39 is 0 Å². The third-order valence-corrected chi connectivity index (χ3v) is 5.15. The molecule has 0 amide bonds. The fourth-order valence-corrected chi connectivity index (χ4v) is 4.27. The first-order chi connectivity index (χ1) is 8.42. The van der Waals surface area contributed by atoms with Crippen molar-refractivity contribution in [1.82, 2.24) is 14.7 Å². The summed E-state index contributed by atoms with van der Waals surface area (Å²) in [4.78, 5) is 2.66. The Morgan fingerprint density at radius 3 is 3.12 bits per heavy atom. The second kappa shape index (κ2) is 5.44. The van der Waals surface area contributed by atoms with Crippen molar-refractivity contribution in [3.8, 4) is 0 Å². The van der Waals surface area contributed by atoms with Crippen molar-refractivity contribution in [1.29, 1.82) is 0 Å². The molecule has 1 aromatic heterocycles. The number of nitrogens with zero attached hydrogens (tertiary/aromatic N) is 3. The van der Waals surface area contributed by atoms with E-state index in [4.69, 9.17) is 0 Å². The highest BCUT2D eigenvalue weighted by atomic mass is 32.2. The molecule has 0 aliphatic carbocycles. The first-order valence-corrected chi connectivity index (χ1v) is 7.86. The number of hydrogen-bond donors (Lipinski definition) is 0. The highest BCUT2D eigenvalue weighted by molar-refractivity contribution is 7.99. The predicted octanol–water partition coefficient (Wildman–Crippen LogP) is 2.27. The van der Waals surface area contributed by atoms with Gasteiger partial charge in [0.25, 0.3) is 0 Å². The molecule has 2 aliphatic heterocycles. The van der Waals surface area contributed by atoms with Crippen LogP contribution in [0.1, 0.15) is 25.3 Å². The topological polar surface area (TPSA) is 21.1 Å². The third kappa shape index (κ3) is 2.86. The lowest BCUT2D eigenvalue weighted by Crippen LogP contribution is -2.39. The highest BCUT2D eigenvalue weighted by Gasteiger charge is 2.25. The number of rotatable bonds is 3. The van der Waals surface area contributed by atoms with Gasteiger partial charge in [0, 0.05) is 25.5 Å². The number of likely N-dealkylation sites (tertiary alicyclic amines) is 1. The highest BCUT2D eigenvalue weighted by Crippen LogP contribution is 2.27. The van der Waals surface area contributed by atoms with Crippen molar-refractivity contribution in [2.45, 2.75) is 25.3 Å². The molecule has 94 valence electrons. The van der Waals surface area contributed by atoms with Crippen LogP contribution in [-0.2, 0) is 0 Å². The number of thioether (sulfide) groups is 1. The molecule has 4 heteroatoms. The lowest BCUT2D eigenvalue weighted by atomic mass is 10.0. The standard InChI is InChI=1S/C13H21N3S/c1-3-13(16-7-2-5-14-16)10-15(6-1)9-12-4-8-17-11-12/h2,5,7,12-13H,1,3-4,6,8-11H2/t12-,13-/m0/s1. The number of piperidine rings is 1. The van der Waals surface area contributed by atoms with Crippen molar-refractivity contribution in [2.24, 2.45) is 5.92 Å². The van der Waals surface area contributed by atoms with Crippen LogP contribution < -0.4 is 0 Å². The molecule has 0 N–H and O–H groups in total. The van der Waals surface area contributed by atoms with Gasteiger partial charge in [0.2, 0.25) is 0 Å². The van der Waals surface area contributed by atoms with Gasteiger partial charge in [0.1, 0.15) is 0 Å². The van der Waals surface area contributed by atoms with Crippen molar-refractivity contribution < 1.29 is 0 Å². The summed E-state index contributed by atoms with van der Waals surface area (Å²) in [7, 11) is 0. The van der Waals surface area contributed by atoms with Crippen LogP contribution in [0.3, 0.4) is 0 Å². The van der Waals surface area contributed by atoms with Crippen LogP contribution in [0, 0.1) is 5.92 Å². The van der Waals surface area contributed by atoms with Gasteiger partial charge in [-0.3, -0.25) is 4.68 Å². The molecule has 2 atom stereocenters. The normalized spacial score (nSPS) is 30.8. The summed E-state index contributed by atoms with van der Waals surface area (Å²) in [6.07, 6.45) is 8.04. The number of aromatic nitrogens is 2. The van der Waals surface area contributed by atoms with E-state index in [1.54, 1.807) is 0 Å². The first kappa shape index (κ1) is 11.6. The summed E-state index contributed by atoms with van der Waals surface area (Å²) in [6, 6.07) is 2.64. The van der Waals surface area contributed by atoms with Crippen molar-refractivity contribution >= 4 is 11.8 Å². The maximum atomic E-state index is 4.39. The van der Waals surface area contributed by atoms with E-state index in [1.165, 1.54) is 50.4 Å². The second-order valence-corrected chi connectivity index (χ2v) is 6.42. The quantitative estimate of drug-likeness (QED) is 0.822. The molecule has 3 heterocycles. The summed E-state index contributed by atoms with van der Waals surface area (Å²) in [6.45, 7) is 3.80. The zero-order chi connectivity index (χ0) is 11.5. The van der Waals surface area contributed by atoms with Crippen LogP contribution in [-0.4, -0.2) is 45.8 Å². The van der Waals surface area contributed by atoms with E-state index in [0.717, 1.165) is 5.92 Å². The summed E-state index contributed by atoms with van der Waals surface area (Å²) in [5, 5.41) is 4.39. The van der Waals surface area contributed by atoms with Gasteiger partial charge < -0.3 is 4.90 Å². The molecule has 1 aromatic rings. The molecule has 0 radical (unpaired) electrons. The summed E-state index contributed by atoms with van der Waals surface area (Å²) < 4.78 is 2.15. The van der Waals surface area contributed by atoms with Crippen LogP contribution in [0.25, 0.3) is 0 Å². The Kier molecular flexibility index (Phi) is 3.71. The minimum absolute atomic E-state index is 0.604. The Bertz CT molecular complexity index is 332. The third-order valence-electron chi connectivity index (χ3n) is 3.92. The fraction of sp³-hybridized carbons (Fsp3) is 0.769. The van der Waals surface area contributed by atoms with Gasteiger partial charge >= 0.3 is 0 Å². The fourth-order valence-electron chi connectivity index (χ4n) is 3.00. The van der Waals surface area contributed by atoms with Gasteiger partial charge in [-0.15, -0.1) is 0 Å². The molecular formula is C13H21N3S. The minimum atomic E-state index is 0.604. The lowest BCUT2D eigenvalue weighted by Gasteiger charge is -2.34. The summed E-state index contributed by atoms with van der Waals surface area (Å²) in [5.74, 6) is 3.70. The molecule has 3 nitrogen and oxygen atoms in total. The smallest absolute Gasteiger partial charge is 0.0646 e. The zero-order valence-corrected chi connectivity index (χ0v) is 11.1. The SMILES string of the molecule is c1cnn([C@H]2CCCN(C[C@@H]3CCSC3)C2)c1. The van der Waals surface area contributed by atoms with Crippen LogP contribution in [0.4, 0.5) is 0 Å². The van der Waals surface area contributed by atoms with Crippen molar-refractivity contribution in [3.05, 3.63) is 18.5 Å². The van der Waals surface area contributed by atoms with E-state index >= 15 is 0 Å². The number of hydrogen-bond acceptors (Lipinski definition) is 3. The van der Waals surface area contributed by atoms with Gasteiger partial charge in [-0.25, -0.2) is 0 Å². The molecular weight excluding hydrogens is 230 g/mol. The molecule has 0 unspecified atom stereocenters.